The fraction of sp³-hybridized carbons (Fsp3) is 0. The highest BCUT2D eigenvalue weighted by atomic mass is 14.7. The molecule has 3 aromatic rings. The Morgan fingerprint density at radius 3 is 2.35 bits per heavy atom. The molecule has 0 aliphatic carbocycles. The Kier molecular flexibility index (Phi) is 3.33. The van der Waals surface area contributed by atoms with Crippen molar-refractivity contribution in [2.45, 2.75) is 0 Å². The van der Waals surface area contributed by atoms with Gasteiger partial charge in [0.2, 0.25) is 0 Å². The topological polar surface area (TPSA) is 38.7 Å². The van der Waals surface area contributed by atoms with E-state index in [9.17, 15) is 0 Å². The zero-order valence-electron chi connectivity index (χ0n) is 10.9. The van der Waals surface area contributed by atoms with E-state index in [0.29, 0.717) is 0 Å². The minimum atomic E-state index is 0.830. The van der Waals surface area contributed by atoms with Crippen LogP contribution < -0.4 is 0 Å². The minimum Gasteiger partial charge on any atom is -0.264 e. The summed E-state index contributed by atoms with van der Waals surface area (Å²) in [5.41, 5.74) is 4.77. The van der Waals surface area contributed by atoms with Gasteiger partial charge in [0.25, 0.3) is 0 Å². The Balaban J connectivity index is 2.23. The molecule has 3 aromatic heterocycles. The molecule has 3 heterocycles. The fourth-order valence-corrected chi connectivity index (χ4v) is 2.16. The van der Waals surface area contributed by atoms with Crippen molar-refractivity contribution in [3.8, 4) is 22.4 Å². The molecular weight excluding hydrogens is 246 g/mol. The number of hydrogen-bond acceptors (Lipinski definition) is 3. The second-order valence-corrected chi connectivity index (χ2v) is 4.28. The van der Waals surface area contributed by atoms with Crippen LogP contribution in [0.15, 0.2) is 67.8 Å². The lowest BCUT2D eigenvalue weighted by Gasteiger charge is -2.10. The maximum absolute atomic E-state index is 4.52. The molecule has 3 nitrogen and oxygen atoms in total. The Morgan fingerprint density at radius 2 is 1.60 bits per heavy atom. The summed E-state index contributed by atoms with van der Waals surface area (Å²) in [6, 6.07) is 11.8. The molecule has 0 saturated carbocycles. The Bertz CT molecular complexity index is 736. The van der Waals surface area contributed by atoms with Gasteiger partial charge in [0.15, 0.2) is 0 Å². The van der Waals surface area contributed by atoms with Crippen LogP contribution in [0.5, 0.6) is 0 Å². The minimum absolute atomic E-state index is 0.830. The van der Waals surface area contributed by atoms with E-state index in [2.05, 4.69) is 21.5 Å². The zero-order chi connectivity index (χ0) is 13.8. The molecular formula is C17H13N3. The summed E-state index contributed by atoms with van der Waals surface area (Å²) in [6.07, 6.45) is 8.89. The number of pyridine rings is 3. The summed E-state index contributed by atoms with van der Waals surface area (Å²) < 4.78 is 0. The van der Waals surface area contributed by atoms with E-state index in [1.54, 1.807) is 24.7 Å². The molecule has 0 aromatic carbocycles. The summed E-state index contributed by atoms with van der Waals surface area (Å²) in [5.74, 6) is 0. The van der Waals surface area contributed by atoms with Crippen LogP contribution in [0, 0.1) is 0 Å². The van der Waals surface area contributed by atoms with E-state index >= 15 is 0 Å². The first-order chi connectivity index (χ1) is 9.90. The molecule has 0 spiro atoms. The predicted molar refractivity (Wildman–Crippen MR) is 80.8 cm³/mol. The van der Waals surface area contributed by atoms with Gasteiger partial charge < -0.3 is 0 Å². The standard InChI is InChI=1S/C17H13N3/c1-2-16-15(8-5-10-19-16)17-14(7-4-11-20-17)13-6-3-9-18-12-13/h2-12H,1H2. The van der Waals surface area contributed by atoms with Crippen LogP contribution in [0.1, 0.15) is 5.69 Å². The highest BCUT2D eigenvalue weighted by Gasteiger charge is 2.11. The summed E-state index contributed by atoms with van der Waals surface area (Å²) in [4.78, 5) is 13.0. The molecule has 3 heteroatoms. The van der Waals surface area contributed by atoms with E-state index in [1.807, 2.05) is 42.6 Å². The average molecular weight is 259 g/mol. The van der Waals surface area contributed by atoms with Gasteiger partial charge in [0.1, 0.15) is 0 Å². The van der Waals surface area contributed by atoms with E-state index in [-0.39, 0.29) is 0 Å². The summed E-state index contributed by atoms with van der Waals surface area (Å²) >= 11 is 0. The number of nitrogens with zero attached hydrogens (tertiary/aromatic N) is 3. The molecule has 96 valence electrons. The summed E-state index contributed by atoms with van der Waals surface area (Å²) in [6.45, 7) is 3.82. The highest BCUT2D eigenvalue weighted by molar-refractivity contribution is 5.83. The van der Waals surface area contributed by atoms with Gasteiger partial charge in [-0.2, -0.15) is 0 Å². The van der Waals surface area contributed by atoms with Crippen LogP contribution in [0.4, 0.5) is 0 Å². The lowest BCUT2D eigenvalue weighted by atomic mass is 9.99. The van der Waals surface area contributed by atoms with Crippen LogP contribution in [-0.4, -0.2) is 15.0 Å². The first-order valence-corrected chi connectivity index (χ1v) is 6.33. The van der Waals surface area contributed by atoms with Crippen LogP contribution >= 0.6 is 0 Å². The lowest BCUT2D eigenvalue weighted by molar-refractivity contribution is 1.25. The molecule has 0 bridgehead atoms. The molecule has 0 fully saturated rings. The van der Waals surface area contributed by atoms with E-state index < -0.39 is 0 Å². The van der Waals surface area contributed by atoms with Gasteiger partial charge in [-0.15, -0.1) is 0 Å². The zero-order valence-corrected chi connectivity index (χ0v) is 10.9. The Morgan fingerprint density at radius 1 is 0.850 bits per heavy atom. The molecule has 0 aliphatic heterocycles. The van der Waals surface area contributed by atoms with Crippen molar-refractivity contribution in [2.24, 2.45) is 0 Å². The number of hydrogen-bond donors (Lipinski definition) is 0. The van der Waals surface area contributed by atoms with E-state index in [0.717, 1.165) is 28.1 Å². The highest BCUT2D eigenvalue weighted by Crippen LogP contribution is 2.31. The Hall–Kier alpha value is -2.81. The van der Waals surface area contributed by atoms with Crippen LogP contribution in [0.25, 0.3) is 28.5 Å². The molecule has 0 unspecified atom stereocenters. The van der Waals surface area contributed by atoms with Crippen molar-refractivity contribution in [2.75, 3.05) is 0 Å². The summed E-state index contributed by atoms with van der Waals surface area (Å²) in [5, 5.41) is 0. The third-order valence-electron chi connectivity index (χ3n) is 3.07. The molecule has 0 N–H and O–H groups in total. The maximum atomic E-state index is 4.52. The molecule has 0 atom stereocenters. The quantitative estimate of drug-likeness (QED) is 0.717. The van der Waals surface area contributed by atoms with Gasteiger partial charge in [-0.1, -0.05) is 18.7 Å². The van der Waals surface area contributed by atoms with Gasteiger partial charge in [0.05, 0.1) is 11.4 Å². The smallest absolute Gasteiger partial charge is 0.0802 e. The second-order valence-electron chi connectivity index (χ2n) is 4.28. The lowest BCUT2D eigenvalue weighted by Crippen LogP contribution is -1.93. The van der Waals surface area contributed by atoms with Gasteiger partial charge in [-0.3, -0.25) is 15.0 Å². The monoisotopic (exact) mass is 259 g/mol. The molecule has 3 rings (SSSR count). The van der Waals surface area contributed by atoms with Crippen LogP contribution in [0.3, 0.4) is 0 Å². The van der Waals surface area contributed by atoms with Crippen molar-refractivity contribution in [1.29, 1.82) is 0 Å². The number of rotatable bonds is 3. The maximum Gasteiger partial charge on any atom is 0.0802 e. The van der Waals surface area contributed by atoms with Crippen molar-refractivity contribution >= 4 is 6.08 Å². The van der Waals surface area contributed by atoms with Crippen LogP contribution in [0.2, 0.25) is 0 Å². The van der Waals surface area contributed by atoms with E-state index in [4.69, 9.17) is 0 Å². The molecule has 0 aliphatic rings. The number of aromatic nitrogens is 3. The fourth-order valence-electron chi connectivity index (χ4n) is 2.16. The SMILES string of the molecule is C=Cc1ncccc1-c1ncccc1-c1cccnc1. The third-order valence-corrected chi connectivity index (χ3v) is 3.07. The molecule has 0 amide bonds. The van der Waals surface area contributed by atoms with Crippen molar-refractivity contribution < 1.29 is 0 Å². The molecule has 0 radical (unpaired) electrons. The van der Waals surface area contributed by atoms with Gasteiger partial charge in [-0.05, 0) is 30.3 Å². The average Bonchev–Trinajstić information content (AvgIpc) is 2.55. The molecule has 0 saturated heterocycles. The first-order valence-electron chi connectivity index (χ1n) is 6.33. The predicted octanol–water partition coefficient (Wildman–Crippen LogP) is 3.85. The first kappa shape index (κ1) is 12.2. The van der Waals surface area contributed by atoms with Gasteiger partial charge in [-0.25, -0.2) is 0 Å². The molecule has 20 heavy (non-hydrogen) atoms. The Labute approximate surface area is 117 Å². The van der Waals surface area contributed by atoms with Crippen molar-refractivity contribution in [3.05, 3.63) is 73.5 Å². The van der Waals surface area contributed by atoms with Crippen molar-refractivity contribution in [3.63, 3.8) is 0 Å². The third kappa shape index (κ3) is 2.21. The second kappa shape index (κ2) is 5.45. The van der Waals surface area contributed by atoms with Crippen molar-refractivity contribution in [1.82, 2.24) is 15.0 Å². The largest absolute Gasteiger partial charge is 0.264 e. The normalized spacial score (nSPS) is 10.2. The van der Waals surface area contributed by atoms with E-state index in [1.165, 1.54) is 0 Å². The summed E-state index contributed by atoms with van der Waals surface area (Å²) in [7, 11) is 0. The van der Waals surface area contributed by atoms with Crippen LogP contribution in [-0.2, 0) is 0 Å². The van der Waals surface area contributed by atoms with Gasteiger partial charge in [0, 0.05) is 41.5 Å². The van der Waals surface area contributed by atoms with Gasteiger partial charge >= 0.3 is 0 Å².